The zero-order valence-corrected chi connectivity index (χ0v) is 16.6. The summed E-state index contributed by atoms with van der Waals surface area (Å²) < 4.78 is 39.3. The number of amides is 1. The Morgan fingerprint density at radius 2 is 2.13 bits per heavy atom. The van der Waals surface area contributed by atoms with Crippen LogP contribution >= 0.6 is 0 Å². The Balaban J connectivity index is 1.54. The van der Waals surface area contributed by atoms with E-state index in [-0.39, 0.29) is 30.4 Å². The minimum Gasteiger partial charge on any atom is -0.466 e. The van der Waals surface area contributed by atoms with E-state index in [0.717, 1.165) is 18.2 Å². The largest absolute Gasteiger partial charge is 0.466 e. The molecule has 0 saturated carbocycles. The quantitative estimate of drug-likeness (QED) is 0.620. The highest BCUT2D eigenvalue weighted by atomic mass is 19.1. The van der Waals surface area contributed by atoms with Gasteiger partial charge in [0.25, 0.3) is 5.91 Å². The molecule has 0 fully saturated rings. The van der Waals surface area contributed by atoms with Crippen LogP contribution < -0.4 is 10.1 Å². The number of hydrogen-bond donors (Lipinski definition) is 1. The van der Waals surface area contributed by atoms with Crippen molar-refractivity contribution >= 4 is 17.6 Å². The van der Waals surface area contributed by atoms with Gasteiger partial charge in [0.15, 0.2) is 6.61 Å². The number of rotatable bonds is 5. The van der Waals surface area contributed by atoms with E-state index in [1.165, 1.54) is 11.6 Å². The van der Waals surface area contributed by atoms with Gasteiger partial charge in [-0.1, -0.05) is 5.21 Å². The van der Waals surface area contributed by atoms with Crippen molar-refractivity contribution in [1.29, 1.82) is 0 Å². The van der Waals surface area contributed by atoms with Crippen molar-refractivity contribution in [2.24, 2.45) is 7.05 Å². The van der Waals surface area contributed by atoms with Crippen molar-refractivity contribution in [2.45, 2.75) is 19.4 Å². The summed E-state index contributed by atoms with van der Waals surface area (Å²) in [6, 6.07) is 6.17. The Morgan fingerprint density at radius 1 is 1.32 bits per heavy atom. The predicted octanol–water partition coefficient (Wildman–Crippen LogP) is 2.33. The maximum atomic E-state index is 13.9. The second-order valence-electron chi connectivity index (χ2n) is 6.87. The molecule has 0 bridgehead atoms. The minimum atomic E-state index is -0.994. The number of aryl methyl sites for hydroxylation is 1. The first-order valence-corrected chi connectivity index (χ1v) is 9.29. The molecular formula is C20H17F2N5O4. The number of fused-ring (bicyclic) bond motifs is 1. The highest BCUT2D eigenvalue weighted by Crippen LogP contribution is 2.30. The van der Waals surface area contributed by atoms with E-state index < -0.39 is 23.7 Å². The summed E-state index contributed by atoms with van der Waals surface area (Å²) in [6.07, 6.45) is -1.22. The SMILES string of the molecule is CC(OC(=O)Cc1c(-c2ccc3c(n2)OCC(=O)N3)nnn1C)c1cc(F)ccc1F. The monoisotopic (exact) mass is 429 g/mol. The van der Waals surface area contributed by atoms with Crippen LogP contribution in [0.15, 0.2) is 30.3 Å². The van der Waals surface area contributed by atoms with E-state index in [1.54, 1.807) is 19.2 Å². The molecule has 160 valence electrons. The number of carbonyl (C=O) groups is 2. The van der Waals surface area contributed by atoms with Gasteiger partial charge in [-0.3, -0.25) is 14.3 Å². The molecular weight excluding hydrogens is 412 g/mol. The van der Waals surface area contributed by atoms with Crippen LogP contribution in [0.25, 0.3) is 11.4 Å². The van der Waals surface area contributed by atoms with Crippen LogP contribution in [0.4, 0.5) is 14.5 Å². The van der Waals surface area contributed by atoms with Gasteiger partial charge in [-0.25, -0.2) is 13.8 Å². The Bertz CT molecular complexity index is 1180. The topological polar surface area (TPSA) is 108 Å². The number of nitrogens with zero attached hydrogens (tertiary/aromatic N) is 4. The van der Waals surface area contributed by atoms with Gasteiger partial charge in [-0.15, -0.1) is 5.10 Å². The van der Waals surface area contributed by atoms with Gasteiger partial charge in [0, 0.05) is 12.6 Å². The number of benzene rings is 1. The molecule has 1 unspecified atom stereocenters. The van der Waals surface area contributed by atoms with Crippen molar-refractivity contribution in [3.63, 3.8) is 0 Å². The van der Waals surface area contributed by atoms with Crippen LogP contribution in [-0.4, -0.2) is 38.5 Å². The first-order valence-electron chi connectivity index (χ1n) is 9.29. The summed E-state index contributed by atoms with van der Waals surface area (Å²) in [5.41, 5.74) is 1.48. The molecule has 1 N–H and O–H groups in total. The molecule has 2 aromatic heterocycles. The standard InChI is InChI=1S/C20H17F2N5O4/c1-10(12-7-11(21)3-4-13(12)22)31-18(29)8-16-19(25-26-27(16)2)14-5-6-15-20(24-14)30-9-17(28)23-15/h3-7,10H,8-9H2,1-2H3,(H,23,28). The van der Waals surface area contributed by atoms with Gasteiger partial charge < -0.3 is 14.8 Å². The molecule has 1 aromatic carbocycles. The van der Waals surface area contributed by atoms with Crippen molar-refractivity contribution < 1.29 is 27.8 Å². The Hall–Kier alpha value is -3.89. The van der Waals surface area contributed by atoms with E-state index in [9.17, 15) is 18.4 Å². The molecule has 1 aliphatic heterocycles. The van der Waals surface area contributed by atoms with Crippen LogP contribution in [0.1, 0.15) is 24.3 Å². The summed E-state index contributed by atoms with van der Waals surface area (Å²) in [5.74, 6) is -2.03. The van der Waals surface area contributed by atoms with Crippen LogP contribution in [0.3, 0.4) is 0 Å². The number of nitrogens with one attached hydrogen (secondary N) is 1. The van der Waals surface area contributed by atoms with Gasteiger partial charge in [0.1, 0.15) is 29.1 Å². The van der Waals surface area contributed by atoms with E-state index in [0.29, 0.717) is 22.8 Å². The summed E-state index contributed by atoms with van der Waals surface area (Å²) in [5, 5.41) is 10.6. The molecule has 31 heavy (non-hydrogen) atoms. The van der Waals surface area contributed by atoms with E-state index in [4.69, 9.17) is 9.47 Å². The Kier molecular flexibility index (Phi) is 5.32. The van der Waals surface area contributed by atoms with Crippen molar-refractivity contribution in [3.05, 3.63) is 53.2 Å². The lowest BCUT2D eigenvalue weighted by Crippen LogP contribution is -2.26. The van der Waals surface area contributed by atoms with Crippen LogP contribution in [-0.2, 0) is 27.8 Å². The van der Waals surface area contributed by atoms with Crippen molar-refractivity contribution in [2.75, 3.05) is 11.9 Å². The molecule has 9 nitrogen and oxygen atoms in total. The molecule has 0 radical (unpaired) electrons. The molecule has 0 aliphatic carbocycles. The lowest BCUT2D eigenvalue weighted by molar-refractivity contribution is -0.148. The highest BCUT2D eigenvalue weighted by molar-refractivity contribution is 5.95. The predicted molar refractivity (Wildman–Crippen MR) is 103 cm³/mol. The zero-order chi connectivity index (χ0) is 22.1. The number of anilines is 1. The molecule has 0 saturated heterocycles. The van der Waals surface area contributed by atoms with Crippen LogP contribution in [0.2, 0.25) is 0 Å². The molecule has 11 heteroatoms. The van der Waals surface area contributed by atoms with Gasteiger partial charge in [-0.05, 0) is 37.3 Å². The first kappa shape index (κ1) is 20.4. The fourth-order valence-corrected chi connectivity index (χ4v) is 3.14. The molecule has 4 rings (SSSR count). The maximum Gasteiger partial charge on any atom is 0.312 e. The fourth-order valence-electron chi connectivity index (χ4n) is 3.14. The average molecular weight is 429 g/mol. The number of pyridine rings is 1. The van der Waals surface area contributed by atoms with Crippen molar-refractivity contribution in [1.82, 2.24) is 20.0 Å². The molecule has 1 amide bonds. The minimum absolute atomic E-state index is 0.0627. The first-order chi connectivity index (χ1) is 14.8. The fraction of sp³-hybridized carbons (Fsp3) is 0.250. The number of ether oxygens (including phenoxy) is 2. The number of hydrogen-bond acceptors (Lipinski definition) is 7. The van der Waals surface area contributed by atoms with Crippen molar-refractivity contribution in [3.8, 4) is 17.3 Å². The third kappa shape index (κ3) is 4.20. The average Bonchev–Trinajstić information content (AvgIpc) is 3.09. The van der Waals surface area contributed by atoms with Gasteiger partial charge in [0.2, 0.25) is 5.88 Å². The summed E-state index contributed by atoms with van der Waals surface area (Å²) in [7, 11) is 1.60. The summed E-state index contributed by atoms with van der Waals surface area (Å²) in [6.45, 7) is 1.30. The zero-order valence-electron chi connectivity index (χ0n) is 16.6. The van der Waals surface area contributed by atoms with Gasteiger partial charge in [0.05, 0.1) is 17.8 Å². The molecule has 1 aliphatic rings. The molecule has 3 heterocycles. The summed E-state index contributed by atoms with van der Waals surface area (Å²) >= 11 is 0. The normalized spacial score (nSPS) is 13.7. The van der Waals surface area contributed by atoms with Gasteiger partial charge in [-0.2, -0.15) is 0 Å². The van der Waals surface area contributed by atoms with E-state index in [1.807, 2.05) is 0 Å². The molecule has 3 aromatic rings. The van der Waals surface area contributed by atoms with Crippen LogP contribution in [0, 0.1) is 11.6 Å². The number of carbonyl (C=O) groups excluding carboxylic acids is 2. The number of halogens is 2. The van der Waals surface area contributed by atoms with E-state index >= 15 is 0 Å². The molecule has 0 spiro atoms. The lowest BCUT2D eigenvalue weighted by Gasteiger charge is -2.17. The van der Waals surface area contributed by atoms with E-state index in [2.05, 4.69) is 20.6 Å². The second kappa shape index (κ2) is 8.09. The third-order valence-corrected chi connectivity index (χ3v) is 4.68. The summed E-state index contributed by atoms with van der Waals surface area (Å²) in [4.78, 5) is 28.2. The number of aromatic nitrogens is 4. The number of esters is 1. The smallest absolute Gasteiger partial charge is 0.312 e. The highest BCUT2D eigenvalue weighted by Gasteiger charge is 2.24. The third-order valence-electron chi connectivity index (χ3n) is 4.68. The van der Waals surface area contributed by atoms with Gasteiger partial charge >= 0.3 is 5.97 Å². The lowest BCUT2D eigenvalue weighted by atomic mass is 10.1. The Labute approximate surface area is 175 Å². The second-order valence-corrected chi connectivity index (χ2v) is 6.87. The van der Waals surface area contributed by atoms with Crippen LogP contribution in [0.5, 0.6) is 5.88 Å². The Morgan fingerprint density at radius 3 is 2.94 bits per heavy atom. The maximum absolute atomic E-state index is 13.9. The molecule has 1 atom stereocenters.